The van der Waals surface area contributed by atoms with E-state index in [0.29, 0.717) is 10.6 Å². The number of halogens is 1. The normalized spacial score (nSPS) is 12.0. The van der Waals surface area contributed by atoms with Crippen LogP contribution in [0.2, 0.25) is 5.02 Å². The summed E-state index contributed by atoms with van der Waals surface area (Å²) in [5.74, 6) is 0.853. The van der Waals surface area contributed by atoms with Crippen LogP contribution in [0.1, 0.15) is 43.2 Å². The number of carbonyl (C=O) groups is 1. The average Bonchev–Trinajstić information content (AvgIpc) is 2.49. The molecule has 2 aromatic carbocycles. The summed E-state index contributed by atoms with van der Waals surface area (Å²) in [4.78, 5) is 12.6. The quantitative estimate of drug-likeness (QED) is 0.587. The van der Waals surface area contributed by atoms with E-state index < -0.39 is 0 Å². The van der Waals surface area contributed by atoms with Crippen LogP contribution >= 0.6 is 20.2 Å². The zero-order valence-electron chi connectivity index (χ0n) is 15.9. The molecule has 0 aromatic heterocycles. The molecule has 0 saturated heterocycles. The fourth-order valence-corrected chi connectivity index (χ4v) is 3.79. The van der Waals surface area contributed by atoms with E-state index in [0.717, 1.165) is 28.6 Å². The van der Waals surface area contributed by atoms with E-state index in [2.05, 4.69) is 13.8 Å². The number of carbonyl (C=O) groups excluding carboxylic acids is 1. The maximum atomic E-state index is 12.6. The number of benzene rings is 2. The molecule has 0 aliphatic carbocycles. The molecular weight excluding hydrogens is 334 g/mol. The molecule has 0 aliphatic rings. The Bertz CT molecular complexity index is 704. The molecule has 0 radical (unpaired) electrons. The van der Waals surface area contributed by atoms with Crippen LogP contribution in [0.5, 0.6) is 5.75 Å². The van der Waals surface area contributed by atoms with Gasteiger partial charge >= 0.3 is 18.9 Å². The topological polar surface area (TPSA) is 26.3 Å². The van der Waals surface area contributed by atoms with Crippen molar-refractivity contribution in [1.82, 2.24) is 0 Å². The fourth-order valence-electron chi connectivity index (χ4n) is 2.27. The van der Waals surface area contributed by atoms with E-state index in [1.807, 2.05) is 44.2 Å². The maximum absolute atomic E-state index is 12.6. The zero-order valence-corrected chi connectivity index (χ0v) is 16.7. The van der Waals surface area contributed by atoms with Crippen LogP contribution in [0.25, 0.3) is 0 Å². The minimum absolute atomic E-state index is 0. The fraction of sp³-hybridized carbons (Fsp3) is 0.316. The zero-order chi connectivity index (χ0) is 17.0. The molecule has 2 atom stereocenters. The molecule has 2 rings (SSSR count). The Morgan fingerprint density at radius 1 is 1.25 bits per heavy atom. The van der Waals surface area contributed by atoms with Gasteiger partial charge in [0, 0.05) is 5.56 Å². The van der Waals surface area contributed by atoms with E-state index in [1.165, 1.54) is 0 Å². The van der Waals surface area contributed by atoms with Crippen LogP contribution in [-0.4, -0.2) is 11.6 Å². The summed E-state index contributed by atoms with van der Waals surface area (Å²) in [5, 5.41) is 1.56. The first kappa shape index (κ1) is 21.3. The Hall–Kier alpha value is -0.773. The molecule has 0 amide bonds. The van der Waals surface area contributed by atoms with Gasteiger partial charge in [0.15, 0.2) is 5.52 Å². The summed E-state index contributed by atoms with van der Waals surface area (Å²) in [7, 11) is 0.0610. The van der Waals surface area contributed by atoms with Crippen molar-refractivity contribution in [1.29, 1.82) is 0 Å². The summed E-state index contributed by atoms with van der Waals surface area (Å²) in [6, 6.07) is 11.5. The van der Waals surface area contributed by atoms with Gasteiger partial charge in [-0.2, -0.15) is 0 Å². The molecule has 24 heavy (non-hydrogen) atoms. The SMILES string of the molecule is CCC(C)Oc1ccc(PC(=O)c2c(C)cccc2Cl)c(C)c1.[H-].[Li+]. The number of hydrogen-bond acceptors (Lipinski definition) is 2. The van der Waals surface area contributed by atoms with Crippen molar-refractivity contribution in [2.75, 3.05) is 0 Å². The summed E-state index contributed by atoms with van der Waals surface area (Å²) in [6.45, 7) is 8.07. The van der Waals surface area contributed by atoms with E-state index in [-0.39, 0.29) is 40.5 Å². The Kier molecular flexibility index (Phi) is 8.55. The van der Waals surface area contributed by atoms with E-state index >= 15 is 0 Å². The molecule has 124 valence electrons. The van der Waals surface area contributed by atoms with E-state index in [1.54, 1.807) is 6.07 Å². The van der Waals surface area contributed by atoms with Crippen LogP contribution in [0.3, 0.4) is 0 Å². The smallest absolute Gasteiger partial charge is 1.00 e. The number of rotatable bonds is 6. The largest absolute Gasteiger partial charge is 1.00 e. The third kappa shape index (κ3) is 5.37. The predicted molar refractivity (Wildman–Crippen MR) is 101 cm³/mol. The van der Waals surface area contributed by atoms with Gasteiger partial charge in [-0.05, 0) is 70.4 Å². The minimum atomic E-state index is 0. The maximum Gasteiger partial charge on any atom is 1.00 e. The molecule has 0 aliphatic heterocycles. The van der Waals surface area contributed by atoms with Crippen LogP contribution in [0.15, 0.2) is 36.4 Å². The Morgan fingerprint density at radius 3 is 2.54 bits per heavy atom. The van der Waals surface area contributed by atoms with Gasteiger partial charge < -0.3 is 6.16 Å². The molecular formula is C19H23ClLiO2P. The van der Waals surface area contributed by atoms with Gasteiger partial charge in [0.25, 0.3) is 0 Å². The molecule has 5 heteroatoms. The average molecular weight is 357 g/mol. The van der Waals surface area contributed by atoms with Crippen LogP contribution in [0, 0.1) is 13.8 Å². The van der Waals surface area contributed by atoms with E-state index in [4.69, 9.17) is 16.3 Å². The molecule has 2 unspecified atom stereocenters. The third-order valence-electron chi connectivity index (χ3n) is 3.81. The van der Waals surface area contributed by atoms with Crippen LogP contribution in [0.4, 0.5) is 0 Å². The molecule has 0 spiro atoms. The van der Waals surface area contributed by atoms with Gasteiger partial charge in [-0.3, -0.25) is 4.79 Å². The molecule has 2 aromatic rings. The van der Waals surface area contributed by atoms with Gasteiger partial charge in [-0.25, -0.2) is 0 Å². The molecule has 2 nitrogen and oxygen atoms in total. The van der Waals surface area contributed by atoms with E-state index in [9.17, 15) is 4.79 Å². The number of ether oxygens (including phenoxy) is 1. The summed E-state index contributed by atoms with van der Waals surface area (Å²) < 4.78 is 5.82. The predicted octanol–water partition coefficient (Wildman–Crippen LogP) is 2.39. The Balaban J connectivity index is 0.00000288. The van der Waals surface area contributed by atoms with Crippen molar-refractivity contribution in [2.45, 2.75) is 40.2 Å². The molecule has 0 saturated carbocycles. The van der Waals surface area contributed by atoms with Crippen LogP contribution < -0.4 is 28.9 Å². The van der Waals surface area contributed by atoms with Crippen molar-refractivity contribution >= 4 is 31.0 Å². The van der Waals surface area contributed by atoms with Gasteiger partial charge in [-0.15, -0.1) is 0 Å². The monoisotopic (exact) mass is 356 g/mol. The Morgan fingerprint density at radius 2 is 1.96 bits per heavy atom. The first-order chi connectivity index (χ1) is 10.9. The standard InChI is InChI=1S/C19H22ClO2P.Li.H/c1-5-14(4)22-15-9-10-17(13(3)11-15)23-19(21)18-12(2)7-6-8-16(18)20;;/h6-11,14,23H,5H2,1-4H3;;/q;+1;-1. The number of hydrogen-bond donors (Lipinski definition) is 0. The summed E-state index contributed by atoms with van der Waals surface area (Å²) in [6.07, 6.45) is 1.16. The summed E-state index contributed by atoms with van der Waals surface area (Å²) in [5.41, 5.74) is 2.70. The molecule has 0 fully saturated rings. The third-order valence-corrected chi connectivity index (χ3v) is 5.43. The van der Waals surface area contributed by atoms with Gasteiger partial charge in [0.05, 0.1) is 11.1 Å². The Labute approximate surface area is 164 Å². The second-order valence-corrected chi connectivity index (χ2v) is 7.35. The first-order valence-corrected chi connectivity index (χ1v) is 9.14. The van der Waals surface area contributed by atoms with Crippen molar-refractivity contribution in [3.05, 3.63) is 58.1 Å². The van der Waals surface area contributed by atoms with Crippen molar-refractivity contribution in [2.24, 2.45) is 0 Å². The van der Waals surface area contributed by atoms with Crippen molar-refractivity contribution < 1.29 is 29.8 Å². The molecule has 0 N–H and O–H groups in total. The van der Waals surface area contributed by atoms with Crippen molar-refractivity contribution in [3.8, 4) is 5.75 Å². The first-order valence-electron chi connectivity index (χ1n) is 7.76. The van der Waals surface area contributed by atoms with Crippen molar-refractivity contribution in [3.63, 3.8) is 0 Å². The van der Waals surface area contributed by atoms with Gasteiger partial charge in [0.2, 0.25) is 0 Å². The minimum Gasteiger partial charge on any atom is -1.00 e. The number of aryl methyl sites for hydroxylation is 2. The van der Waals surface area contributed by atoms with Gasteiger partial charge in [-0.1, -0.05) is 36.7 Å². The second kappa shape index (κ2) is 9.64. The summed E-state index contributed by atoms with van der Waals surface area (Å²) >= 11 is 6.19. The van der Waals surface area contributed by atoms with Gasteiger partial charge in [0.1, 0.15) is 5.75 Å². The van der Waals surface area contributed by atoms with Crippen LogP contribution in [-0.2, 0) is 0 Å². The second-order valence-electron chi connectivity index (χ2n) is 5.70. The molecule has 0 bridgehead atoms. The molecule has 0 heterocycles.